The molecule has 0 radical (unpaired) electrons. The Kier molecular flexibility index (Phi) is 6.33. The summed E-state index contributed by atoms with van der Waals surface area (Å²) in [6, 6.07) is 13.7. The molecular weight excluding hydrogens is 396 g/mol. The van der Waals surface area contributed by atoms with Gasteiger partial charge in [-0.2, -0.15) is 0 Å². The minimum absolute atomic E-state index is 0.387. The van der Waals surface area contributed by atoms with Gasteiger partial charge in [-0.05, 0) is 30.2 Å². The Morgan fingerprint density at radius 3 is 2.32 bits per heavy atom. The number of hydrogen-bond donors (Lipinski definition) is 1. The lowest BCUT2D eigenvalue weighted by molar-refractivity contribution is 0.355. The second kappa shape index (κ2) is 8.72. The van der Waals surface area contributed by atoms with Gasteiger partial charge in [0.2, 0.25) is 10.0 Å². The molecular formula is C20H22N2O4S2. The summed E-state index contributed by atoms with van der Waals surface area (Å²) in [7, 11) is 0.0700. The fraction of sp³-hybridized carbons (Fsp3) is 0.250. The lowest BCUT2D eigenvalue weighted by Crippen LogP contribution is -2.24. The van der Waals surface area contributed by atoms with Crippen LogP contribution in [0.1, 0.15) is 5.56 Å². The monoisotopic (exact) mass is 418 g/mol. The predicted molar refractivity (Wildman–Crippen MR) is 113 cm³/mol. The largest absolute Gasteiger partial charge is 0.493 e. The van der Waals surface area contributed by atoms with Crippen LogP contribution in [0.3, 0.4) is 0 Å². The van der Waals surface area contributed by atoms with Gasteiger partial charge in [0, 0.05) is 23.1 Å². The Morgan fingerprint density at radius 2 is 1.68 bits per heavy atom. The van der Waals surface area contributed by atoms with E-state index in [-0.39, 0.29) is 0 Å². The molecule has 0 aliphatic carbocycles. The van der Waals surface area contributed by atoms with Crippen LogP contribution in [-0.2, 0) is 16.4 Å². The number of sulfonamides is 1. The highest BCUT2D eigenvalue weighted by Gasteiger charge is 2.11. The topological polar surface area (TPSA) is 77.5 Å². The van der Waals surface area contributed by atoms with Crippen LogP contribution < -0.4 is 14.2 Å². The molecule has 28 heavy (non-hydrogen) atoms. The van der Waals surface area contributed by atoms with E-state index in [1.165, 1.54) is 0 Å². The Balaban J connectivity index is 1.73. The Hall–Kier alpha value is -2.42. The molecule has 0 aliphatic rings. The van der Waals surface area contributed by atoms with Crippen LogP contribution in [-0.4, -0.2) is 40.4 Å². The van der Waals surface area contributed by atoms with Gasteiger partial charge in [-0.25, -0.2) is 18.1 Å². The van der Waals surface area contributed by atoms with Crippen molar-refractivity contribution in [2.24, 2.45) is 0 Å². The SMILES string of the molecule is COc1ccc(-c2nc(-c3ccc(CCNS(C)(=O)=O)cc3)cs2)cc1OC. The summed E-state index contributed by atoms with van der Waals surface area (Å²) in [5, 5.41) is 2.92. The molecule has 0 amide bonds. The minimum atomic E-state index is -3.15. The number of methoxy groups -OCH3 is 2. The van der Waals surface area contributed by atoms with E-state index in [0.29, 0.717) is 24.5 Å². The molecule has 0 atom stereocenters. The molecule has 3 aromatic rings. The van der Waals surface area contributed by atoms with Crippen molar-refractivity contribution in [2.75, 3.05) is 27.0 Å². The van der Waals surface area contributed by atoms with Crippen molar-refractivity contribution in [1.29, 1.82) is 0 Å². The molecule has 1 heterocycles. The highest BCUT2D eigenvalue weighted by atomic mass is 32.2. The van der Waals surface area contributed by atoms with Crippen LogP contribution in [0.4, 0.5) is 0 Å². The van der Waals surface area contributed by atoms with Crippen molar-refractivity contribution in [1.82, 2.24) is 9.71 Å². The zero-order chi connectivity index (χ0) is 20.1. The number of thiazole rings is 1. The highest BCUT2D eigenvalue weighted by Crippen LogP contribution is 2.35. The number of nitrogens with one attached hydrogen (secondary N) is 1. The Labute approximate surface area is 169 Å². The number of benzene rings is 2. The maximum absolute atomic E-state index is 11.1. The van der Waals surface area contributed by atoms with Gasteiger partial charge in [-0.1, -0.05) is 24.3 Å². The summed E-state index contributed by atoms with van der Waals surface area (Å²) in [5.74, 6) is 1.35. The van der Waals surface area contributed by atoms with Crippen molar-refractivity contribution in [3.63, 3.8) is 0 Å². The average Bonchev–Trinajstić information content (AvgIpc) is 3.17. The van der Waals surface area contributed by atoms with Crippen LogP contribution in [0.25, 0.3) is 21.8 Å². The third kappa shape index (κ3) is 5.09. The minimum Gasteiger partial charge on any atom is -0.493 e. The van der Waals surface area contributed by atoms with Crippen LogP contribution in [0, 0.1) is 0 Å². The number of hydrogen-bond acceptors (Lipinski definition) is 6. The molecule has 0 saturated heterocycles. The number of rotatable bonds is 8. The number of aromatic nitrogens is 1. The Morgan fingerprint density at radius 1 is 1.00 bits per heavy atom. The van der Waals surface area contributed by atoms with E-state index < -0.39 is 10.0 Å². The van der Waals surface area contributed by atoms with Gasteiger partial charge in [0.1, 0.15) is 5.01 Å². The molecule has 0 bridgehead atoms. The van der Waals surface area contributed by atoms with Crippen LogP contribution in [0.5, 0.6) is 11.5 Å². The summed E-state index contributed by atoms with van der Waals surface area (Å²) in [6.07, 6.45) is 1.80. The molecule has 0 aliphatic heterocycles. The third-order valence-corrected chi connectivity index (χ3v) is 5.78. The zero-order valence-electron chi connectivity index (χ0n) is 15.9. The van der Waals surface area contributed by atoms with Crippen molar-refractivity contribution in [3.05, 3.63) is 53.4 Å². The van der Waals surface area contributed by atoms with Gasteiger partial charge >= 0.3 is 0 Å². The molecule has 0 fully saturated rings. The summed E-state index contributed by atoms with van der Waals surface area (Å²) in [6.45, 7) is 0.387. The average molecular weight is 419 g/mol. The van der Waals surface area contributed by atoms with Crippen molar-refractivity contribution >= 4 is 21.4 Å². The van der Waals surface area contributed by atoms with Gasteiger partial charge in [0.05, 0.1) is 26.2 Å². The lowest BCUT2D eigenvalue weighted by atomic mass is 10.1. The first-order valence-electron chi connectivity index (χ1n) is 8.61. The van der Waals surface area contributed by atoms with E-state index in [2.05, 4.69) is 4.72 Å². The maximum atomic E-state index is 11.1. The van der Waals surface area contributed by atoms with Crippen molar-refractivity contribution in [2.45, 2.75) is 6.42 Å². The lowest BCUT2D eigenvalue weighted by Gasteiger charge is -2.08. The smallest absolute Gasteiger partial charge is 0.208 e. The molecule has 0 spiro atoms. The van der Waals surface area contributed by atoms with Crippen LogP contribution in [0.2, 0.25) is 0 Å². The standard InChI is InChI=1S/C20H22N2O4S2/c1-25-18-9-8-16(12-19(18)26-2)20-22-17(13-27-20)15-6-4-14(5-7-15)10-11-21-28(3,23)24/h4-9,12-13,21H,10-11H2,1-3H3. The second-order valence-corrected chi connectivity index (χ2v) is 8.91. The van der Waals surface area contributed by atoms with Crippen LogP contribution >= 0.6 is 11.3 Å². The predicted octanol–water partition coefficient (Wildman–Crippen LogP) is 3.59. The number of nitrogens with zero attached hydrogens (tertiary/aromatic N) is 1. The molecule has 1 aromatic heterocycles. The van der Waals surface area contributed by atoms with E-state index in [9.17, 15) is 8.42 Å². The zero-order valence-corrected chi connectivity index (χ0v) is 17.6. The highest BCUT2D eigenvalue weighted by molar-refractivity contribution is 7.88. The summed E-state index contributed by atoms with van der Waals surface area (Å²) in [4.78, 5) is 4.74. The molecule has 3 rings (SSSR count). The van der Waals surface area contributed by atoms with E-state index in [1.807, 2.05) is 47.8 Å². The van der Waals surface area contributed by atoms with Gasteiger partial charge in [-0.15, -0.1) is 11.3 Å². The van der Waals surface area contributed by atoms with Gasteiger partial charge < -0.3 is 9.47 Å². The molecule has 148 valence electrons. The molecule has 2 aromatic carbocycles. The molecule has 8 heteroatoms. The van der Waals surface area contributed by atoms with Gasteiger partial charge in [-0.3, -0.25) is 0 Å². The fourth-order valence-corrected chi connectivity index (χ4v) is 4.03. The summed E-state index contributed by atoms with van der Waals surface area (Å²) >= 11 is 1.57. The van der Waals surface area contributed by atoms with E-state index in [0.717, 1.165) is 33.6 Å². The van der Waals surface area contributed by atoms with Crippen molar-refractivity contribution < 1.29 is 17.9 Å². The molecule has 0 saturated carbocycles. The normalized spacial score (nSPS) is 11.4. The first-order chi connectivity index (χ1) is 13.4. The summed E-state index contributed by atoms with van der Waals surface area (Å²) in [5.41, 5.74) is 3.95. The maximum Gasteiger partial charge on any atom is 0.208 e. The second-order valence-electron chi connectivity index (χ2n) is 6.22. The fourth-order valence-electron chi connectivity index (χ4n) is 2.73. The van der Waals surface area contributed by atoms with E-state index in [4.69, 9.17) is 14.5 Å². The number of ether oxygens (including phenoxy) is 2. The molecule has 1 N–H and O–H groups in total. The summed E-state index contributed by atoms with van der Waals surface area (Å²) < 4.78 is 35.4. The van der Waals surface area contributed by atoms with Crippen molar-refractivity contribution in [3.8, 4) is 33.3 Å². The quantitative estimate of drug-likeness (QED) is 0.605. The third-order valence-electron chi connectivity index (χ3n) is 4.16. The Bertz CT molecular complexity index is 1040. The van der Waals surface area contributed by atoms with E-state index >= 15 is 0 Å². The first-order valence-corrected chi connectivity index (χ1v) is 11.4. The van der Waals surface area contributed by atoms with E-state index in [1.54, 1.807) is 25.6 Å². The van der Waals surface area contributed by atoms with Gasteiger partial charge in [0.25, 0.3) is 0 Å². The molecule has 6 nitrogen and oxygen atoms in total. The first kappa shape index (κ1) is 20.3. The molecule has 0 unspecified atom stereocenters. The van der Waals surface area contributed by atoms with Crippen LogP contribution in [0.15, 0.2) is 47.8 Å². The van der Waals surface area contributed by atoms with Gasteiger partial charge in [0.15, 0.2) is 11.5 Å².